The maximum Gasteiger partial charge on any atom is 0.306 e. The van der Waals surface area contributed by atoms with E-state index in [1.807, 2.05) is 23.5 Å². The van der Waals surface area contributed by atoms with Crippen LogP contribution in [0.1, 0.15) is 298 Å². The van der Waals surface area contributed by atoms with Crippen LogP contribution < -0.4 is 0 Å². The third-order valence-corrected chi connectivity index (χ3v) is 19.5. The van der Waals surface area contributed by atoms with Gasteiger partial charge in [-0.25, -0.2) is 0 Å². The number of hydrogen-bond acceptors (Lipinski definition) is 8. The fraction of sp³-hybridized carbons (Fsp3) is 0.966. The number of rotatable bonds is 56. The molecule has 67 heavy (non-hydrogen) atoms. The highest BCUT2D eigenvalue weighted by Crippen LogP contribution is 2.36. The van der Waals surface area contributed by atoms with Crippen molar-refractivity contribution in [2.24, 2.45) is 5.41 Å². The van der Waals surface area contributed by atoms with E-state index in [9.17, 15) is 9.59 Å². The minimum absolute atomic E-state index is 0.0881. The second-order valence-electron chi connectivity index (χ2n) is 20.4. The molecule has 0 saturated carbocycles. The molecule has 0 aromatic carbocycles. The van der Waals surface area contributed by atoms with E-state index >= 15 is 0 Å². The van der Waals surface area contributed by atoms with Crippen molar-refractivity contribution in [1.82, 2.24) is 0 Å². The monoisotopic (exact) mass is 1020 g/mol. The van der Waals surface area contributed by atoms with Crippen LogP contribution in [0.15, 0.2) is 0 Å². The van der Waals surface area contributed by atoms with E-state index < -0.39 is 5.41 Å². The number of hydrogen-bond donors (Lipinski definition) is 0. The molecule has 0 bridgehead atoms. The molecule has 0 rings (SSSR count). The Bertz CT molecular complexity index is 936. The van der Waals surface area contributed by atoms with E-state index in [0.29, 0.717) is 36.6 Å². The molecule has 0 spiro atoms. The molecule has 4 nitrogen and oxygen atoms in total. The second kappa shape index (κ2) is 54.1. The van der Waals surface area contributed by atoms with Crippen LogP contribution in [0.5, 0.6) is 0 Å². The zero-order valence-electron chi connectivity index (χ0n) is 45.9. The van der Waals surface area contributed by atoms with Gasteiger partial charge in [0.1, 0.15) is 13.2 Å². The smallest absolute Gasteiger partial charge is 0.306 e. The summed E-state index contributed by atoms with van der Waals surface area (Å²) in [5.74, 6) is 5.46. The number of thioether (sulfide) groups is 4. The molecule has 0 heterocycles. The molecule has 0 amide bonds. The maximum atomic E-state index is 13.4. The lowest BCUT2D eigenvalue weighted by atomic mass is 9.95. The zero-order valence-corrected chi connectivity index (χ0v) is 49.1. The summed E-state index contributed by atoms with van der Waals surface area (Å²) in [6.07, 6.45) is 51.4. The van der Waals surface area contributed by atoms with Gasteiger partial charge < -0.3 is 9.47 Å². The van der Waals surface area contributed by atoms with Gasteiger partial charge in [0.25, 0.3) is 0 Å². The lowest BCUT2D eigenvalue weighted by Gasteiger charge is -2.34. The van der Waals surface area contributed by atoms with Crippen LogP contribution in [0.3, 0.4) is 0 Å². The normalized spacial score (nSPS) is 12.7. The van der Waals surface area contributed by atoms with Gasteiger partial charge in [0, 0.05) is 33.5 Å². The summed E-state index contributed by atoms with van der Waals surface area (Å²) >= 11 is 7.95. The van der Waals surface area contributed by atoms with E-state index in [0.717, 1.165) is 47.4 Å². The number of ether oxygens (including phenoxy) is 2. The van der Waals surface area contributed by atoms with E-state index in [2.05, 4.69) is 65.1 Å². The standard InChI is InChI=1S/C59H116O4S4/c1-7-13-17-21-25-27-29-33-37-41-47-64-49-45-57(60)62-51-59(53-66-55(11-5)43-39-35-31-23-19-15-9-3,54-67-56(12-6)44-40-36-32-24-20-16-10-4)52-63-58(61)46-50-65-48-42-38-34-30-28-26-22-18-14-8-2/h55-56H,7-54H2,1-6H3. The predicted molar refractivity (Wildman–Crippen MR) is 310 cm³/mol. The molecule has 2 atom stereocenters. The molecule has 0 aromatic rings. The molecule has 8 heteroatoms. The Labute approximate surface area is 437 Å². The van der Waals surface area contributed by atoms with Crippen LogP contribution in [0.25, 0.3) is 0 Å². The molecule has 0 aliphatic rings. The van der Waals surface area contributed by atoms with Crippen molar-refractivity contribution >= 4 is 59.0 Å². The molecule has 0 fully saturated rings. The van der Waals surface area contributed by atoms with Gasteiger partial charge in [0.15, 0.2) is 0 Å². The fourth-order valence-corrected chi connectivity index (χ4v) is 13.6. The summed E-state index contributed by atoms with van der Waals surface area (Å²) in [4.78, 5) is 26.9. The first-order valence-electron chi connectivity index (χ1n) is 29.6. The lowest BCUT2D eigenvalue weighted by molar-refractivity contribution is -0.151. The highest BCUT2D eigenvalue weighted by atomic mass is 32.2. The first kappa shape index (κ1) is 67.3. The maximum absolute atomic E-state index is 13.4. The van der Waals surface area contributed by atoms with Crippen molar-refractivity contribution in [3.63, 3.8) is 0 Å². The van der Waals surface area contributed by atoms with Crippen molar-refractivity contribution in [2.75, 3.05) is 47.7 Å². The van der Waals surface area contributed by atoms with Gasteiger partial charge in [-0.05, 0) is 50.0 Å². The molecule has 0 aliphatic heterocycles. The van der Waals surface area contributed by atoms with Gasteiger partial charge >= 0.3 is 11.9 Å². The van der Waals surface area contributed by atoms with Crippen molar-refractivity contribution in [3.05, 3.63) is 0 Å². The summed E-state index contributed by atoms with van der Waals surface area (Å²) in [6.45, 7) is 14.5. The molecule has 2 unspecified atom stereocenters. The number of unbranched alkanes of at least 4 members (excludes halogenated alkanes) is 30. The zero-order chi connectivity index (χ0) is 49.0. The molecular formula is C59H116O4S4. The summed E-state index contributed by atoms with van der Waals surface area (Å²) in [5.41, 5.74) is -0.395. The van der Waals surface area contributed by atoms with Crippen LogP contribution >= 0.6 is 47.0 Å². The van der Waals surface area contributed by atoms with Gasteiger partial charge in [-0.2, -0.15) is 47.0 Å². The number of carbonyl (C=O) groups is 2. The Balaban J connectivity index is 5.51. The Kier molecular flexibility index (Phi) is 54.4. The highest BCUT2D eigenvalue weighted by molar-refractivity contribution is 8.01. The molecular weight excluding hydrogens is 901 g/mol. The molecule has 0 N–H and O–H groups in total. The van der Waals surface area contributed by atoms with Gasteiger partial charge in [0.05, 0.1) is 18.3 Å². The highest BCUT2D eigenvalue weighted by Gasteiger charge is 2.36. The Hall–Kier alpha value is 0.340. The average molecular weight is 1020 g/mol. The molecule has 0 saturated heterocycles. The second-order valence-corrected chi connectivity index (χ2v) is 25.4. The minimum Gasteiger partial charge on any atom is -0.465 e. The molecule has 0 aliphatic carbocycles. The Morgan fingerprint density at radius 1 is 0.358 bits per heavy atom. The third-order valence-electron chi connectivity index (χ3n) is 13.7. The van der Waals surface area contributed by atoms with Gasteiger partial charge in [-0.15, -0.1) is 0 Å². The molecule has 400 valence electrons. The third kappa shape index (κ3) is 47.1. The van der Waals surface area contributed by atoms with Crippen molar-refractivity contribution in [1.29, 1.82) is 0 Å². The fourth-order valence-electron chi connectivity index (χ4n) is 8.82. The van der Waals surface area contributed by atoms with Crippen LogP contribution in [-0.2, 0) is 19.1 Å². The van der Waals surface area contributed by atoms with Gasteiger partial charge in [-0.3, -0.25) is 9.59 Å². The average Bonchev–Trinajstić information content (AvgIpc) is 3.34. The topological polar surface area (TPSA) is 52.6 Å². The first-order chi connectivity index (χ1) is 32.9. The quantitative estimate of drug-likeness (QED) is 0.0441. The van der Waals surface area contributed by atoms with Crippen LogP contribution in [0.2, 0.25) is 0 Å². The summed E-state index contributed by atoms with van der Waals surface area (Å²) in [6, 6.07) is 0. The number of esters is 2. The van der Waals surface area contributed by atoms with Crippen LogP contribution in [0, 0.1) is 5.41 Å². The van der Waals surface area contributed by atoms with E-state index in [-0.39, 0.29) is 11.9 Å². The Morgan fingerprint density at radius 3 is 0.910 bits per heavy atom. The largest absolute Gasteiger partial charge is 0.465 e. The van der Waals surface area contributed by atoms with Crippen LogP contribution in [0.4, 0.5) is 0 Å². The van der Waals surface area contributed by atoms with Gasteiger partial charge in [0.2, 0.25) is 0 Å². The predicted octanol–water partition coefficient (Wildman–Crippen LogP) is 20.5. The van der Waals surface area contributed by atoms with Crippen molar-refractivity contribution in [3.8, 4) is 0 Å². The van der Waals surface area contributed by atoms with Crippen molar-refractivity contribution < 1.29 is 19.1 Å². The molecule has 0 radical (unpaired) electrons. The van der Waals surface area contributed by atoms with Gasteiger partial charge in [-0.1, -0.05) is 247 Å². The minimum atomic E-state index is -0.395. The van der Waals surface area contributed by atoms with E-state index in [1.54, 1.807) is 0 Å². The lowest BCUT2D eigenvalue weighted by Crippen LogP contribution is -2.40. The summed E-state index contributed by atoms with van der Waals surface area (Å²) in [5, 5.41) is 1.15. The van der Waals surface area contributed by atoms with Crippen molar-refractivity contribution in [2.45, 2.75) is 309 Å². The number of carbonyl (C=O) groups excluding carboxylic acids is 2. The Morgan fingerprint density at radius 2 is 0.627 bits per heavy atom. The first-order valence-corrected chi connectivity index (χ1v) is 34.0. The summed E-state index contributed by atoms with van der Waals surface area (Å²) < 4.78 is 12.6. The summed E-state index contributed by atoms with van der Waals surface area (Å²) in [7, 11) is 0. The SMILES string of the molecule is CCCCCCCCCCCCSCCC(=O)OCC(COC(=O)CCSCCCCCCCCCCCC)(CSC(CC)CCCCCCCCC)CSC(CC)CCCCCCCCC. The van der Waals surface area contributed by atoms with E-state index in [4.69, 9.17) is 9.47 Å². The molecule has 0 aromatic heterocycles. The van der Waals surface area contributed by atoms with Crippen LogP contribution in [-0.4, -0.2) is 70.2 Å². The van der Waals surface area contributed by atoms with E-state index in [1.165, 1.54) is 231 Å².